The van der Waals surface area contributed by atoms with Crippen molar-refractivity contribution in [3.63, 3.8) is 0 Å². The maximum Gasteiger partial charge on any atom is 0.268 e. The molecule has 4 heteroatoms. The van der Waals surface area contributed by atoms with E-state index in [0.29, 0.717) is 17.9 Å². The molecule has 0 spiro atoms. The van der Waals surface area contributed by atoms with Crippen molar-refractivity contribution in [2.24, 2.45) is 0 Å². The fourth-order valence-corrected chi connectivity index (χ4v) is 1.63. The summed E-state index contributed by atoms with van der Waals surface area (Å²) < 4.78 is 5.62. The molecule has 0 aromatic heterocycles. The van der Waals surface area contributed by atoms with E-state index in [2.05, 4.69) is 5.32 Å². The molecule has 0 saturated heterocycles. The first-order chi connectivity index (χ1) is 7.53. The van der Waals surface area contributed by atoms with Crippen molar-refractivity contribution in [2.75, 3.05) is 11.9 Å². The minimum atomic E-state index is -0.842. The lowest BCUT2D eigenvalue weighted by atomic mass is 10.0. The van der Waals surface area contributed by atoms with E-state index in [0.717, 1.165) is 5.56 Å². The summed E-state index contributed by atoms with van der Waals surface area (Å²) in [5.41, 5.74) is 0.837. The summed E-state index contributed by atoms with van der Waals surface area (Å²) >= 11 is 0. The van der Waals surface area contributed by atoms with Gasteiger partial charge in [0.25, 0.3) is 5.91 Å². The van der Waals surface area contributed by atoms with E-state index >= 15 is 0 Å². The Morgan fingerprint density at radius 1 is 1.44 bits per heavy atom. The molecule has 0 radical (unpaired) electrons. The third kappa shape index (κ3) is 1.88. The molecule has 4 nitrogen and oxygen atoms in total. The number of carbonyl (C=O) groups excluding carboxylic acids is 1. The van der Waals surface area contributed by atoms with E-state index in [9.17, 15) is 4.79 Å². The third-order valence-corrected chi connectivity index (χ3v) is 2.61. The molecule has 0 fully saturated rings. The Morgan fingerprint density at radius 3 is 2.88 bits per heavy atom. The van der Waals surface area contributed by atoms with E-state index in [1.165, 1.54) is 0 Å². The largest absolute Gasteiger partial charge is 0.476 e. The molecular weight excluding hydrogens is 206 g/mol. The lowest BCUT2D eigenvalue weighted by molar-refractivity contribution is -0.129. The summed E-state index contributed by atoms with van der Waals surface area (Å²) in [4.78, 5) is 11.6. The molecule has 0 atom stereocenters. The lowest BCUT2D eigenvalue weighted by Gasteiger charge is -2.31. The summed E-state index contributed by atoms with van der Waals surface area (Å²) in [6.45, 7) is 3.56. The van der Waals surface area contributed by atoms with Gasteiger partial charge in [0.15, 0.2) is 5.60 Å². The number of carbonyl (C=O) groups is 1. The van der Waals surface area contributed by atoms with Crippen LogP contribution in [-0.2, 0) is 11.2 Å². The highest BCUT2D eigenvalue weighted by Crippen LogP contribution is 2.34. The van der Waals surface area contributed by atoms with Crippen LogP contribution in [0.4, 0.5) is 5.69 Å². The monoisotopic (exact) mass is 221 g/mol. The van der Waals surface area contributed by atoms with Crippen LogP contribution in [0.3, 0.4) is 0 Å². The number of rotatable bonds is 2. The van der Waals surface area contributed by atoms with Crippen LogP contribution in [0, 0.1) is 0 Å². The highest BCUT2D eigenvalue weighted by Gasteiger charge is 2.35. The van der Waals surface area contributed by atoms with Crippen molar-refractivity contribution in [1.29, 1.82) is 0 Å². The second-order valence-corrected chi connectivity index (χ2v) is 4.37. The number of benzene rings is 1. The fraction of sp³-hybridized carbons (Fsp3) is 0.417. The average molecular weight is 221 g/mol. The van der Waals surface area contributed by atoms with Gasteiger partial charge in [-0.25, -0.2) is 0 Å². The van der Waals surface area contributed by atoms with Gasteiger partial charge in [0.2, 0.25) is 0 Å². The van der Waals surface area contributed by atoms with Gasteiger partial charge in [-0.05, 0) is 38.0 Å². The van der Waals surface area contributed by atoms with Crippen molar-refractivity contribution in [3.8, 4) is 5.75 Å². The first-order valence-corrected chi connectivity index (χ1v) is 5.27. The fourth-order valence-electron chi connectivity index (χ4n) is 1.63. The van der Waals surface area contributed by atoms with E-state index in [-0.39, 0.29) is 12.5 Å². The van der Waals surface area contributed by atoms with E-state index in [4.69, 9.17) is 9.84 Å². The van der Waals surface area contributed by atoms with Gasteiger partial charge in [0.1, 0.15) is 5.75 Å². The Bertz CT molecular complexity index is 426. The number of nitrogens with one attached hydrogen (secondary N) is 1. The number of hydrogen-bond acceptors (Lipinski definition) is 3. The normalized spacial score (nSPS) is 17.3. The number of fused-ring (bicyclic) bond motifs is 1. The van der Waals surface area contributed by atoms with Gasteiger partial charge in [-0.2, -0.15) is 0 Å². The Balaban J connectivity index is 2.34. The number of ether oxygens (including phenoxy) is 1. The first-order valence-electron chi connectivity index (χ1n) is 5.27. The lowest BCUT2D eigenvalue weighted by Crippen LogP contribution is -2.45. The molecule has 1 amide bonds. The molecule has 86 valence electrons. The van der Waals surface area contributed by atoms with Crippen LogP contribution in [-0.4, -0.2) is 23.2 Å². The molecule has 1 aromatic rings. The van der Waals surface area contributed by atoms with Crippen molar-refractivity contribution in [1.82, 2.24) is 0 Å². The molecule has 0 bridgehead atoms. The summed E-state index contributed by atoms with van der Waals surface area (Å²) in [7, 11) is 0. The summed E-state index contributed by atoms with van der Waals surface area (Å²) in [6.07, 6.45) is 0.588. The van der Waals surface area contributed by atoms with Gasteiger partial charge in [0, 0.05) is 6.61 Å². The second kappa shape index (κ2) is 3.79. The highest BCUT2D eigenvalue weighted by molar-refractivity contribution is 6.00. The number of aliphatic hydroxyl groups excluding tert-OH is 1. The van der Waals surface area contributed by atoms with Crippen LogP contribution in [0.5, 0.6) is 5.75 Å². The van der Waals surface area contributed by atoms with Gasteiger partial charge in [-0.1, -0.05) is 6.07 Å². The molecule has 0 unspecified atom stereocenters. The van der Waals surface area contributed by atoms with Crippen LogP contribution < -0.4 is 10.1 Å². The number of anilines is 1. The number of hydrogen-bond donors (Lipinski definition) is 2. The zero-order chi connectivity index (χ0) is 11.8. The van der Waals surface area contributed by atoms with Gasteiger partial charge in [-0.3, -0.25) is 4.79 Å². The standard InChI is InChI=1S/C12H15NO3/c1-12(2)11(15)13-9-4-3-8(5-6-14)7-10(9)16-12/h3-4,7,14H,5-6H2,1-2H3,(H,13,15). The Kier molecular flexibility index (Phi) is 2.59. The maximum atomic E-state index is 11.6. The molecule has 1 heterocycles. The van der Waals surface area contributed by atoms with Crippen molar-refractivity contribution in [2.45, 2.75) is 25.9 Å². The Morgan fingerprint density at radius 2 is 2.19 bits per heavy atom. The van der Waals surface area contributed by atoms with Crippen LogP contribution in [0.25, 0.3) is 0 Å². The SMILES string of the molecule is CC1(C)Oc2cc(CCO)ccc2NC1=O. The predicted octanol–water partition coefficient (Wildman–Crippen LogP) is 1.33. The maximum absolute atomic E-state index is 11.6. The first kappa shape index (κ1) is 11.0. The van der Waals surface area contributed by atoms with Crippen molar-refractivity contribution >= 4 is 11.6 Å². The second-order valence-electron chi connectivity index (χ2n) is 4.37. The quantitative estimate of drug-likeness (QED) is 0.792. The highest BCUT2D eigenvalue weighted by atomic mass is 16.5. The summed E-state index contributed by atoms with van der Waals surface area (Å²) in [5.74, 6) is 0.519. The zero-order valence-electron chi connectivity index (χ0n) is 9.41. The Labute approximate surface area is 94.2 Å². The van der Waals surface area contributed by atoms with Gasteiger partial charge >= 0.3 is 0 Å². The zero-order valence-corrected chi connectivity index (χ0v) is 9.41. The number of aliphatic hydroxyl groups is 1. The minimum Gasteiger partial charge on any atom is -0.476 e. The van der Waals surface area contributed by atoms with E-state index in [1.54, 1.807) is 19.9 Å². The molecule has 1 aromatic carbocycles. The molecule has 16 heavy (non-hydrogen) atoms. The third-order valence-electron chi connectivity index (χ3n) is 2.61. The topological polar surface area (TPSA) is 58.6 Å². The minimum absolute atomic E-state index is 0.106. The number of amides is 1. The van der Waals surface area contributed by atoms with Gasteiger partial charge < -0.3 is 15.2 Å². The average Bonchev–Trinajstić information content (AvgIpc) is 2.20. The predicted molar refractivity (Wildman–Crippen MR) is 60.6 cm³/mol. The van der Waals surface area contributed by atoms with Crippen LogP contribution in [0.2, 0.25) is 0 Å². The van der Waals surface area contributed by atoms with E-state index in [1.807, 2.05) is 12.1 Å². The van der Waals surface area contributed by atoms with Crippen LogP contribution in [0.1, 0.15) is 19.4 Å². The van der Waals surface area contributed by atoms with Crippen LogP contribution >= 0.6 is 0 Å². The van der Waals surface area contributed by atoms with Gasteiger partial charge in [0.05, 0.1) is 5.69 Å². The molecule has 2 N–H and O–H groups in total. The molecule has 2 rings (SSSR count). The summed E-state index contributed by atoms with van der Waals surface area (Å²) in [5, 5.41) is 11.7. The van der Waals surface area contributed by atoms with Crippen LogP contribution in [0.15, 0.2) is 18.2 Å². The van der Waals surface area contributed by atoms with Crippen molar-refractivity contribution in [3.05, 3.63) is 23.8 Å². The molecular formula is C12H15NO3. The smallest absolute Gasteiger partial charge is 0.268 e. The molecule has 0 saturated carbocycles. The molecule has 0 aliphatic carbocycles. The molecule has 1 aliphatic rings. The molecule has 1 aliphatic heterocycles. The Hall–Kier alpha value is -1.55. The summed E-state index contributed by atoms with van der Waals surface area (Å²) in [6, 6.07) is 5.53. The van der Waals surface area contributed by atoms with E-state index < -0.39 is 5.60 Å². The van der Waals surface area contributed by atoms with Crippen molar-refractivity contribution < 1.29 is 14.6 Å². The van der Waals surface area contributed by atoms with Gasteiger partial charge in [-0.15, -0.1) is 0 Å².